The molecule has 0 aliphatic heterocycles. The monoisotopic (exact) mass is 152 g/mol. The van der Waals surface area contributed by atoms with Crippen LogP contribution in [0.4, 0.5) is 0 Å². The Labute approximate surface area is 63.8 Å². The van der Waals surface area contributed by atoms with Crippen molar-refractivity contribution in [2.24, 2.45) is 7.05 Å². The highest BCUT2D eigenvalue weighted by molar-refractivity contribution is 6.13. The summed E-state index contributed by atoms with van der Waals surface area (Å²) in [4.78, 5) is 10.4. The maximum Gasteiger partial charge on any atom is 0.337 e. The van der Waals surface area contributed by atoms with Crippen LogP contribution in [0.25, 0.3) is 5.57 Å². The van der Waals surface area contributed by atoms with E-state index in [0.717, 1.165) is 0 Å². The number of carboxylic acid groups (broad SMARTS) is 1. The molecule has 1 heterocycles. The van der Waals surface area contributed by atoms with Crippen molar-refractivity contribution in [3.8, 4) is 0 Å². The van der Waals surface area contributed by atoms with Gasteiger partial charge in [-0.15, -0.1) is 0 Å². The summed E-state index contributed by atoms with van der Waals surface area (Å²) in [5.74, 6) is -1.04. The number of aryl methyl sites for hydroxylation is 1. The van der Waals surface area contributed by atoms with E-state index >= 15 is 0 Å². The van der Waals surface area contributed by atoms with Gasteiger partial charge in [0, 0.05) is 13.2 Å². The summed E-state index contributed by atoms with van der Waals surface area (Å²) in [6, 6.07) is 1.61. The molecule has 1 N–H and O–H groups in total. The summed E-state index contributed by atoms with van der Waals surface area (Å²) in [5.41, 5.74) is 0.422. The average Bonchev–Trinajstić information content (AvgIpc) is 2.34. The standard InChI is InChI=1S/C7H8N2O2/c1-5(7(10)11)6-3-4-9(2)8-6/h3-4H,1H2,2H3,(H,10,11). The van der Waals surface area contributed by atoms with Crippen molar-refractivity contribution in [1.29, 1.82) is 0 Å². The van der Waals surface area contributed by atoms with Crippen LogP contribution in [-0.4, -0.2) is 20.9 Å². The fourth-order valence-corrected chi connectivity index (χ4v) is 0.686. The SMILES string of the molecule is C=C(C(=O)O)c1ccn(C)n1. The van der Waals surface area contributed by atoms with Gasteiger partial charge in [0.1, 0.15) is 0 Å². The summed E-state index contributed by atoms with van der Waals surface area (Å²) < 4.78 is 1.53. The Morgan fingerprint density at radius 1 is 1.82 bits per heavy atom. The van der Waals surface area contributed by atoms with Gasteiger partial charge in [-0.3, -0.25) is 4.68 Å². The van der Waals surface area contributed by atoms with Gasteiger partial charge in [0.2, 0.25) is 0 Å². The number of aliphatic carboxylic acids is 1. The van der Waals surface area contributed by atoms with Gasteiger partial charge < -0.3 is 5.11 Å². The van der Waals surface area contributed by atoms with Gasteiger partial charge in [0.15, 0.2) is 0 Å². The number of rotatable bonds is 2. The second-order valence-corrected chi connectivity index (χ2v) is 2.16. The molecule has 0 fully saturated rings. The summed E-state index contributed by atoms with van der Waals surface area (Å²) in [7, 11) is 1.72. The Bertz CT molecular complexity index is 301. The van der Waals surface area contributed by atoms with E-state index in [0.29, 0.717) is 5.69 Å². The number of carbonyl (C=O) groups is 1. The summed E-state index contributed by atoms with van der Waals surface area (Å²) >= 11 is 0. The van der Waals surface area contributed by atoms with Gasteiger partial charge in [0.25, 0.3) is 0 Å². The topological polar surface area (TPSA) is 55.1 Å². The molecule has 0 saturated heterocycles. The normalized spacial score (nSPS) is 9.55. The van der Waals surface area contributed by atoms with Gasteiger partial charge in [-0.1, -0.05) is 6.58 Å². The van der Waals surface area contributed by atoms with E-state index < -0.39 is 5.97 Å². The molecule has 0 aromatic carbocycles. The van der Waals surface area contributed by atoms with Gasteiger partial charge in [0.05, 0.1) is 11.3 Å². The molecule has 0 amide bonds. The molecule has 1 aromatic rings. The molecule has 0 radical (unpaired) electrons. The minimum Gasteiger partial charge on any atom is -0.478 e. The molecule has 4 nitrogen and oxygen atoms in total. The Morgan fingerprint density at radius 3 is 2.82 bits per heavy atom. The van der Waals surface area contributed by atoms with Crippen molar-refractivity contribution in [3.05, 3.63) is 24.5 Å². The van der Waals surface area contributed by atoms with E-state index in [9.17, 15) is 4.79 Å². The van der Waals surface area contributed by atoms with E-state index in [-0.39, 0.29) is 5.57 Å². The highest BCUT2D eigenvalue weighted by Gasteiger charge is 2.08. The van der Waals surface area contributed by atoms with Crippen LogP contribution in [-0.2, 0) is 11.8 Å². The lowest BCUT2D eigenvalue weighted by Crippen LogP contribution is -1.99. The van der Waals surface area contributed by atoms with Crippen LogP contribution in [0.15, 0.2) is 18.8 Å². The van der Waals surface area contributed by atoms with Crippen molar-refractivity contribution in [2.45, 2.75) is 0 Å². The number of aromatic nitrogens is 2. The first kappa shape index (κ1) is 7.53. The van der Waals surface area contributed by atoms with E-state index in [1.807, 2.05) is 0 Å². The Kier molecular flexibility index (Phi) is 1.76. The molecular weight excluding hydrogens is 144 g/mol. The van der Waals surface area contributed by atoms with Crippen LogP contribution in [0.5, 0.6) is 0 Å². The van der Waals surface area contributed by atoms with Gasteiger partial charge >= 0.3 is 5.97 Å². The summed E-state index contributed by atoms with van der Waals surface area (Å²) in [6.45, 7) is 3.36. The smallest absolute Gasteiger partial charge is 0.337 e. The summed E-state index contributed by atoms with van der Waals surface area (Å²) in [5, 5.41) is 12.4. The van der Waals surface area contributed by atoms with E-state index in [1.54, 1.807) is 19.3 Å². The zero-order chi connectivity index (χ0) is 8.43. The third-order valence-corrected chi connectivity index (χ3v) is 1.28. The van der Waals surface area contributed by atoms with Crippen molar-refractivity contribution in [3.63, 3.8) is 0 Å². The molecule has 0 spiro atoms. The molecule has 58 valence electrons. The third-order valence-electron chi connectivity index (χ3n) is 1.28. The van der Waals surface area contributed by atoms with E-state index in [2.05, 4.69) is 11.7 Å². The van der Waals surface area contributed by atoms with Crippen LogP contribution in [0.1, 0.15) is 5.69 Å². The number of nitrogens with zero attached hydrogens (tertiary/aromatic N) is 2. The first-order chi connectivity index (χ1) is 5.11. The van der Waals surface area contributed by atoms with Gasteiger partial charge in [-0.05, 0) is 6.07 Å². The molecule has 0 aliphatic rings. The predicted octanol–water partition coefficient (Wildman–Crippen LogP) is 0.518. The first-order valence-corrected chi connectivity index (χ1v) is 3.03. The van der Waals surface area contributed by atoms with Gasteiger partial charge in [-0.2, -0.15) is 5.10 Å². The van der Waals surface area contributed by atoms with E-state index in [4.69, 9.17) is 5.11 Å². The molecule has 0 atom stereocenters. The summed E-state index contributed by atoms with van der Waals surface area (Å²) in [6.07, 6.45) is 1.67. The minimum absolute atomic E-state index is 0.0191. The lowest BCUT2D eigenvalue weighted by Gasteiger charge is -1.91. The van der Waals surface area contributed by atoms with E-state index in [1.165, 1.54) is 4.68 Å². The second-order valence-electron chi connectivity index (χ2n) is 2.16. The maximum atomic E-state index is 10.4. The van der Waals surface area contributed by atoms with Crippen molar-refractivity contribution in [2.75, 3.05) is 0 Å². The fraction of sp³-hybridized carbons (Fsp3) is 0.143. The number of hydrogen-bond donors (Lipinski definition) is 1. The molecule has 1 aromatic heterocycles. The third kappa shape index (κ3) is 1.46. The second kappa shape index (κ2) is 2.57. The van der Waals surface area contributed by atoms with Crippen molar-refractivity contribution < 1.29 is 9.90 Å². The first-order valence-electron chi connectivity index (χ1n) is 3.03. The molecule has 0 bridgehead atoms. The zero-order valence-electron chi connectivity index (χ0n) is 6.11. The lowest BCUT2D eigenvalue weighted by atomic mass is 10.2. The Morgan fingerprint density at radius 2 is 2.45 bits per heavy atom. The molecule has 0 aliphatic carbocycles. The lowest BCUT2D eigenvalue weighted by molar-refractivity contribution is -0.130. The van der Waals surface area contributed by atoms with Gasteiger partial charge in [-0.25, -0.2) is 4.79 Å². The zero-order valence-corrected chi connectivity index (χ0v) is 6.11. The van der Waals surface area contributed by atoms with Crippen LogP contribution < -0.4 is 0 Å². The molecule has 4 heteroatoms. The number of hydrogen-bond acceptors (Lipinski definition) is 2. The average molecular weight is 152 g/mol. The maximum absolute atomic E-state index is 10.4. The highest BCUT2D eigenvalue weighted by atomic mass is 16.4. The number of carboxylic acids is 1. The predicted molar refractivity (Wildman–Crippen MR) is 39.9 cm³/mol. The molecule has 0 saturated carbocycles. The molecule has 1 rings (SSSR count). The van der Waals surface area contributed by atoms with Crippen LogP contribution in [0, 0.1) is 0 Å². The molecular formula is C7H8N2O2. The highest BCUT2D eigenvalue weighted by Crippen LogP contribution is 2.07. The largest absolute Gasteiger partial charge is 0.478 e. The van der Waals surface area contributed by atoms with Crippen LogP contribution in [0.2, 0.25) is 0 Å². The molecule has 0 unspecified atom stereocenters. The van der Waals surface area contributed by atoms with Crippen molar-refractivity contribution >= 4 is 11.5 Å². The Balaban J connectivity index is 2.94. The van der Waals surface area contributed by atoms with Crippen LogP contribution in [0.3, 0.4) is 0 Å². The molecule has 11 heavy (non-hydrogen) atoms. The Hall–Kier alpha value is -1.58. The quantitative estimate of drug-likeness (QED) is 0.628. The van der Waals surface area contributed by atoms with Crippen molar-refractivity contribution in [1.82, 2.24) is 9.78 Å². The van der Waals surface area contributed by atoms with Crippen LogP contribution >= 0.6 is 0 Å². The minimum atomic E-state index is -1.04. The fourth-order valence-electron chi connectivity index (χ4n) is 0.686.